The Balaban J connectivity index is 2.20. The summed E-state index contributed by atoms with van der Waals surface area (Å²) in [5, 5.41) is 9.95. The zero-order chi connectivity index (χ0) is 13.0. The highest BCUT2D eigenvalue weighted by atomic mass is 79.9. The number of hydrogen-bond donors (Lipinski definition) is 1. The Labute approximate surface area is 125 Å². The molecule has 0 saturated carbocycles. The van der Waals surface area contributed by atoms with Gasteiger partial charge in [0, 0.05) is 10.7 Å². The first-order valence-electron chi connectivity index (χ1n) is 5.94. The van der Waals surface area contributed by atoms with Crippen molar-refractivity contribution in [3.63, 3.8) is 0 Å². The molecule has 0 aliphatic carbocycles. The standard InChI is InChI=1S/C13H16BrClO2S/c14-12-3-6-18-13(8-17-5-4-15)10-2-1-9(16)7-11(10)12/h1-2,7,12-13,16H,3-6,8H2. The van der Waals surface area contributed by atoms with Crippen LogP contribution < -0.4 is 0 Å². The number of alkyl halides is 2. The molecule has 0 amide bonds. The average Bonchev–Trinajstić information content (AvgIpc) is 2.50. The van der Waals surface area contributed by atoms with Gasteiger partial charge in [0.2, 0.25) is 0 Å². The number of fused-ring (bicyclic) bond motifs is 1. The minimum Gasteiger partial charge on any atom is -0.508 e. The lowest BCUT2D eigenvalue weighted by Crippen LogP contribution is -2.07. The Hall–Kier alpha value is 0.1000. The van der Waals surface area contributed by atoms with E-state index in [-0.39, 0.29) is 0 Å². The van der Waals surface area contributed by atoms with Crippen molar-refractivity contribution in [2.75, 3.05) is 24.8 Å². The molecule has 5 heteroatoms. The van der Waals surface area contributed by atoms with E-state index in [4.69, 9.17) is 16.3 Å². The maximum Gasteiger partial charge on any atom is 0.115 e. The van der Waals surface area contributed by atoms with Crippen molar-refractivity contribution in [1.29, 1.82) is 0 Å². The van der Waals surface area contributed by atoms with Crippen LogP contribution in [0.5, 0.6) is 5.75 Å². The van der Waals surface area contributed by atoms with Gasteiger partial charge in [-0.05, 0) is 35.4 Å². The number of phenols is 1. The van der Waals surface area contributed by atoms with Crippen molar-refractivity contribution in [3.8, 4) is 5.75 Å². The lowest BCUT2D eigenvalue weighted by molar-refractivity contribution is 0.150. The van der Waals surface area contributed by atoms with Gasteiger partial charge in [-0.15, -0.1) is 11.6 Å². The maximum atomic E-state index is 9.62. The molecule has 1 aliphatic heterocycles. The Bertz CT molecular complexity index is 403. The number of benzene rings is 1. The van der Waals surface area contributed by atoms with Crippen LogP contribution in [0.25, 0.3) is 0 Å². The number of ether oxygens (including phenoxy) is 1. The largest absolute Gasteiger partial charge is 0.508 e. The van der Waals surface area contributed by atoms with E-state index in [1.165, 1.54) is 11.1 Å². The summed E-state index contributed by atoms with van der Waals surface area (Å²) in [7, 11) is 0. The molecule has 1 aromatic rings. The van der Waals surface area contributed by atoms with Crippen molar-refractivity contribution in [1.82, 2.24) is 0 Å². The number of rotatable bonds is 4. The number of thioether (sulfide) groups is 1. The smallest absolute Gasteiger partial charge is 0.115 e. The molecule has 2 nitrogen and oxygen atoms in total. The number of hydrogen-bond acceptors (Lipinski definition) is 3. The Morgan fingerprint density at radius 1 is 1.44 bits per heavy atom. The van der Waals surface area contributed by atoms with Crippen molar-refractivity contribution in [2.24, 2.45) is 0 Å². The summed E-state index contributed by atoms with van der Waals surface area (Å²) in [5.74, 6) is 1.94. The molecule has 0 bridgehead atoms. The van der Waals surface area contributed by atoms with E-state index in [0.717, 1.165) is 12.2 Å². The van der Waals surface area contributed by atoms with Crippen LogP contribution in [0.4, 0.5) is 0 Å². The number of phenolic OH excluding ortho intramolecular Hbond substituents is 1. The molecule has 1 N–H and O–H groups in total. The summed E-state index contributed by atoms with van der Waals surface area (Å²) in [5.41, 5.74) is 2.44. The molecule has 0 aromatic heterocycles. The van der Waals surface area contributed by atoms with Crippen LogP contribution in [0.3, 0.4) is 0 Å². The summed E-state index contributed by atoms with van der Waals surface area (Å²) in [6.45, 7) is 1.26. The van der Waals surface area contributed by atoms with E-state index >= 15 is 0 Å². The Morgan fingerprint density at radius 2 is 2.28 bits per heavy atom. The fraction of sp³-hybridized carbons (Fsp3) is 0.538. The highest BCUT2D eigenvalue weighted by molar-refractivity contribution is 9.09. The average molecular weight is 352 g/mol. The quantitative estimate of drug-likeness (QED) is 0.649. The van der Waals surface area contributed by atoms with Gasteiger partial charge in [-0.2, -0.15) is 11.8 Å². The molecular formula is C13H16BrClO2S. The van der Waals surface area contributed by atoms with E-state index in [0.29, 0.717) is 34.9 Å². The first kappa shape index (κ1) is 14.5. The van der Waals surface area contributed by atoms with Gasteiger partial charge in [0.15, 0.2) is 0 Å². The molecule has 18 heavy (non-hydrogen) atoms. The highest BCUT2D eigenvalue weighted by Crippen LogP contribution is 2.43. The van der Waals surface area contributed by atoms with Gasteiger partial charge < -0.3 is 9.84 Å². The number of halogens is 2. The third-order valence-corrected chi connectivity index (χ3v) is 5.30. The summed E-state index contributed by atoms with van der Waals surface area (Å²) in [6.07, 6.45) is 1.06. The van der Waals surface area contributed by atoms with Gasteiger partial charge in [0.1, 0.15) is 5.75 Å². The maximum absolute atomic E-state index is 9.62. The molecule has 0 fully saturated rings. The zero-order valence-electron chi connectivity index (χ0n) is 9.94. The second-order valence-corrected chi connectivity index (χ2v) is 6.99. The monoisotopic (exact) mass is 350 g/mol. The molecule has 1 heterocycles. The fourth-order valence-corrected chi connectivity index (χ4v) is 4.35. The normalized spacial score (nSPS) is 23.4. The van der Waals surface area contributed by atoms with Crippen LogP contribution in [-0.2, 0) is 4.74 Å². The first-order valence-corrected chi connectivity index (χ1v) is 8.44. The molecule has 2 unspecified atom stereocenters. The highest BCUT2D eigenvalue weighted by Gasteiger charge is 2.24. The molecule has 1 aromatic carbocycles. The topological polar surface area (TPSA) is 29.5 Å². The van der Waals surface area contributed by atoms with E-state index in [2.05, 4.69) is 15.9 Å². The van der Waals surface area contributed by atoms with E-state index in [9.17, 15) is 5.11 Å². The lowest BCUT2D eigenvalue weighted by atomic mass is 10.0. The van der Waals surface area contributed by atoms with Crippen LogP contribution in [-0.4, -0.2) is 30.0 Å². The van der Waals surface area contributed by atoms with Crippen LogP contribution in [0, 0.1) is 0 Å². The molecule has 2 atom stereocenters. The molecule has 100 valence electrons. The second kappa shape index (κ2) is 7.04. The third-order valence-electron chi connectivity index (χ3n) is 2.94. The predicted molar refractivity (Wildman–Crippen MR) is 81.1 cm³/mol. The molecular weight excluding hydrogens is 336 g/mol. The summed E-state index contributed by atoms with van der Waals surface area (Å²) < 4.78 is 5.57. The molecule has 0 saturated heterocycles. The minimum atomic E-state index is 0.310. The Kier molecular flexibility index (Phi) is 5.67. The van der Waals surface area contributed by atoms with E-state index in [1.54, 1.807) is 6.07 Å². The van der Waals surface area contributed by atoms with Crippen molar-refractivity contribution in [2.45, 2.75) is 16.5 Å². The van der Waals surface area contributed by atoms with Crippen LogP contribution >= 0.6 is 39.3 Å². The van der Waals surface area contributed by atoms with Crippen molar-refractivity contribution >= 4 is 39.3 Å². The Morgan fingerprint density at radius 3 is 3.06 bits per heavy atom. The van der Waals surface area contributed by atoms with Crippen LogP contribution in [0.1, 0.15) is 27.6 Å². The summed E-state index contributed by atoms with van der Waals surface area (Å²) in [6, 6.07) is 5.61. The number of aromatic hydroxyl groups is 1. The van der Waals surface area contributed by atoms with Crippen molar-refractivity contribution < 1.29 is 9.84 Å². The van der Waals surface area contributed by atoms with Crippen molar-refractivity contribution in [3.05, 3.63) is 29.3 Å². The van der Waals surface area contributed by atoms with Gasteiger partial charge in [-0.3, -0.25) is 0 Å². The van der Waals surface area contributed by atoms with E-state index in [1.807, 2.05) is 23.9 Å². The summed E-state index contributed by atoms with van der Waals surface area (Å²) >= 11 is 11.2. The van der Waals surface area contributed by atoms with Crippen LogP contribution in [0.2, 0.25) is 0 Å². The van der Waals surface area contributed by atoms with Gasteiger partial charge >= 0.3 is 0 Å². The van der Waals surface area contributed by atoms with Gasteiger partial charge in [0.25, 0.3) is 0 Å². The lowest BCUT2D eigenvalue weighted by Gasteiger charge is -2.18. The molecule has 0 spiro atoms. The molecule has 0 radical (unpaired) electrons. The molecule has 2 rings (SSSR count). The fourth-order valence-electron chi connectivity index (χ4n) is 2.07. The zero-order valence-corrected chi connectivity index (χ0v) is 13.1. The van der Waals surface area contributed by atoms with Crippen LogP contribution in [0.15, 0.2) is 18.2 Å². The molecule has 1 aliphatic rings. The first-order chi connectivity index (χ1) is 8.72. The second-order valence-electron chi connectivity index (χ2n) is 4.19. The van der Waals surface area contributed by atoms with Gasteiger partial charge in [-0.25, -0.2) is 0 Å². The van der Waals surface area contributed by atoms with Gasteiger partial charge in [-0.1, -0.05) is 22.0 Å². The van der Waals surface area contributed by atoms with E-state index < -0.39 is 0 Å². The minimum absolute atomic E-state index is 0.310. The predicted octanol–water partition coefficient (Wildman–Crippen LogP) is 4.26. The van der Waals surface area contributed by atoms with Gasteiger partial charge in [0.05, 0.1) is 18.5 Å². The SMILES string of the molecule is Oc1ccc2c(c1)C(Br)CCSC2COCCCl. The summed E-state index contributed by atoms with van der Waals surface area (Å²) in [4.78, 5) is 0.310. The third kappa shape index (κ3) is 3.56.